The van der Waals surface area contributed by atoms with Crippen LogP contribution in [0.2, 0.25) is 0 Å². The van der Waals surface area contributed by atoms with E-state index in [4.69, 9.17) is 14.2 Å². The van der Waals surface area contributed by atoms with Crippen LogP contribution >= 0.6 is 0 Å². The van der Waals surface area contributed by atoms with E-state index < -0.39 is 5.97 Å². The highest BCUT2D eigenvalue weighted by molar-refractivity contribution is 5.88. The van der Waals surface area contributed by atoms with Gasteiger partial charge in [-0.2, -0.15) is 4.80 Å². The lowest BCUT2D eigenvalue weighted by molar-refractivity contribution is 0.0693. The predicted molar refractivity (Wildman–Crippen MR) is 78.5 cm³/mol. The van der Waals surface area contributed by atoms with Crippen LogP contribution in [0.25, 0.3) is 0 Å². The lowest BCUT2D eigenvalue weighted by Gasteiger charge is -2.15. The zero-order chi connectivity index (χ0) is 16.8. The second-order valence-electron chi connectivity index (χ2n) is 4.87. The Morgan fingerprint density at radius 1 is 1.35 bits per heavy atom. The Morgan fingerprint density at radius 2 is 2.09 bits per heavy atom. The maximum Gasteiger partial charge on any atom is 0.335 e. The molecule has 2 rings (SSSR count). The number of aryl methyl sites for hydroxylation is 1. The summed E-state index contributed by atoms with van der Waals surface area (Å²) < 4.78 is 16.1. The second-order valence-corrected chi connectivity index (χ2v) is 4.87. The third-order valence-corrected chi connectivity index (χ3v) is 2.78. The van der Waals surface area contributed by atoms with Crippen molar-refractivity contribution in [2.45, 2.75) is 19.6 Å². The number of carboxylic acids is 1. The molecule has 0 unspecified atom stereocenters. The minimum atomic E-state index is -1.07. The molecule has 0 aliphatic rings. The number of carboxylic acid groups (broad SMARTS) is 1. The minimum Gasteiger partial charge on any atom is -0.488 e. The summed E-state index contributed by atoms with van der Waals surface area (Å²) in [7, 11) is 3.21. The fraction of sp³-hybridized carbons (Fsp3) is 0.429. The molecule has 1 aromatic heterocycles. The zero-order valence-electron chi connectivity index (χ0n) is 13.1. The smallest absolute Gasteiger partial charge is 0.335 e. The van der Waals surface area contributed by atoms with Crippen LogP contribution in [0, 0.1) is 0 Å². The summed E-state index contributed by atoms with van der Waals surface area (Å²) in [4.78, 5) is 12.5. The van der Waals surface area contributed by atoms with Gasteiger partial charge in [-0.1, -0.05) is 0 Å². The van der Waals surface area contributed by atoms with Crippen LogP contribution in [0.4, 0.5) is 0 Å². The number of nitrogens with zero attached hydrogens (tertiary/aromatic N) is 4. The molecular weight excluding hydrogens is 304 g/mol. The SMILES string of the molecule is COC[C@H](C)Oc1cc(OCc2nnn(C)n2)cc(C(=O)O)c1. The molecule has 9 nitrogen and oxygen atoms in total. The average Bonchev–Trinajstić information content (AvgIpc) is 2.90. The largest absolute Gasteiger partial charge is 0.488 e. The van der Waals surface area contributed by atoms with Crippen LogP contribution < -0.4 is 9.47 Å². The number of ether oxygens (including phenoxy) is 3. The molecule has 1 N–H and O–H groups in total. The highest BCUT2D eigenvalue weighted by Gasteiger charge is 2.12. The molecular formula is C14H18N4O5. The number of benzene rings is 1. The van der Waals surface area contributed by atoms with E-state index >= 15 is 0 Å². The van der Waals surface area contributed by atoms with E-state index in [2.05, 4.69) is 15.4 Å². The molecule has 0 aliphatic carbocycles. The summed E-state index contributed by atoms with van der Waals surface area (Å²) in [5.41, 5.74) is 0.0641. The van der Waals surface area contributed by atoms with Crippen molar-refractivity contribution < 1.29 is 24.1 Å². The Labute approximate surface area is 132 Å². The summed E-state index contributed by atoms with van der Waals surface area (Å²) in [6, 6.07) is 4.45. The van der Waals surface area contributed by atoms with E-state index in [1.54, 1.807) is 20.2 Å². The molecule has 0 amide bonds. The van der Waals surface area contributed by atoms with Gasteiger partial charge in [0.05, 0.1) is 19.2 Å². The Kier molecular flexibility index (Phi) is 5.47. The zero-order valence-corrected chi connectivity index (χ0v) is 13.1. The molecule has 0 fully saturated rings. The number of tetrazole rings is 1. The summed E-state index contributed by atoms with van der Waals surface area (Å²) in [5, 5.41) is 20.7. The summed E-state index contributed by atoms with van der Waals surface area (Å²) in [6.45, 7) is 2.28. The van der Waals surface area contributed by atoms with Crippen molar-refractivity contribution in [2.24, 2.45) is 7.05 Å². The van der Waals surface area contributed by atoms with Gasteiger partial charge in [-0.25, -0.2) is 4.79 Å². The van der Waals surface area contributed by atoms with Crippen molar-refractivity contribution in [3.05, 3.63) is 29.6 Å². The van der Waals surface area contributed by atoms with Gasteiger partial charge in [-0.15, -0.1) is 10.2 Å². The van der Waals surface area contributed by atoms with E-state index in [1.807, 2.05) is 6.92 Å². The monoisotopic (exact) mass is 322 g/mol. The molecule has 0 radical (unpaired) electrons. The van der Waals surface area contributed by atoms with Crippen LogP contribution in [0.15, 0.2) is 18.2 Å². The van der Waals surface area contributed by atoms with Crippen molar-refractivity contribution in [2.75, 3.05) is 13.7 Å². The number of hydrogen-bond acceptors (Lipinski definition) is 7. The lowest BCUT2D eigenvalue weighted by Crippen LogP contribution is -2.18. The second kappa shape index (κ2) is 7.54. The highest BCUT2D eigenvalue weighted by atomic mass is 16.5. The van der Waals surface area contributed by atoms with E-state index in [0.717, 1.165) is 0 Å². The molecule has 1 heterocycles. The maximum absolute atomic E-state index is 11.2. The fourth-order valence-electron chi connectivity index (χ4n) is 1.88. The third-order valence-electron chi connectivity index (χ3n) is 2.78. The molecule has 124 valence electrons. The van der Waals surface area contributed by atoms with Crippen LogP contribution in [0.3, 0.4) is 0 Å². The van der Waals surface area contributed by atoms with Crippen molar-refractivity contribution in [3.63, 3.8) is 0 Å². The molecule has 0 bridgehead atoms. The van der Waals surface area contributed by atoms with E-state index in [9.17, 15) is 9.90 Å². The van der Waals surface area contributed by atoms with Gasteiger partial charge < -0.3 is 19.3 Å². The van der Waals surface area contributed by atoms with Crippen molar-refractivity contribution >= 4 is 5.97 Å². The van der Waals surface area contributed by atoms with Gasteiger partial charge in [0, 0.05) is 13.2 Å². The van der Waals surface area contributed by atoms with Gasteiger partial charge in [0.15, 0.2) is 6.61 Å². The normalized spacial score (nSPS) is 12.0. The Bertz CT molecular complexity index is 673. The molecule has 0 spiro atoms. The lowest BCUT2D eigenvalue weighted by atomic mass is 10.2. The quantitative estimate of drug-likeness (QED) is 0.763. The van der Waals surface area contributed by atoms with Crippen LogP contribution in [-0.4, -0.2) is 51.1 Å². The number of methoxy groups -OCH3 is 1. The molecule has 0 saturated heterocycles. The summed E-state index contributed by atoms with van der Waals surface area (Å²) in [5.74, 6) is 0.0503. The number of rotatable bonds is 8. The van der Waals surface area contributed by atoms with Crippen LogP contribution in [-0.2, 0) is 18.4 Å². The first kappa shape index (κ1) is 16.7. The fourth-order valence-corrected chi connectivity index (χ4v) is 1.88. The number of carbonyl (C=O) groups is 1. The molecule has 0 saturated carbocycles. The first-order valence-corrected chi connectivity index (χ1v) is 6.87. The van der Waals surface area contributed by atoms with Gasteiger partial charge in [-0.05, 0) is 24.3 Å². The van der Waals surface area contributed by atoms with Gasteiger partial charge >= 0.3 is 5.97 Å². The third kappa shape index (κ3) is 4.92. The van der Waals surface area contributed by atoms with Crippen LogP contribution in [0.1, 0.15) is 23.1 Å². The Morgan fingerprint density at radius 3 is 2.70 bits per heavy atom. The molecule has 2 aromatic rings. The molecule has 0 aliphatic heterocycles. The summed E-state index contributed by atoms with van der Waals surface area (Å²) in [6.07, 6.45) is -0.224. The number of hydrogen-bond donors (Lipinski definition) is 1. The van der Waals surface area contributed by atoms with Crippen molar-refractivity contribution in [1.29, 1.82) is 0 Å². The first-order valence-electron chi connectivity index (χ1n) is 6.87. The molecule has 9 heteroatoms. The van der Waals surface area contributed by atoms with Crippen LogP contribution in [0.5, 0.6) is 11.5 Å². The Hall–Kier alpha value is -2.68. The van der Waals surface area contributed by atoms with Crippen molar-refractivity contribution in [1.82, 2.24) is 20.2 Å². The average molecular weight is 322 g/mol. The van der Waals surface area contributed by atoms with E-state index in [1.165, 1.54) is 16.9 Å². The Balaban J connectivity index is 2.13. The standard InChI is InChI=1S/C14H18N4O5/c1-9(7-21-3)23-12-5-10(14(19)20)4-11(6-12)22-8-13-15-17-18(2)16-13/h4-6,9H,7-8H2,1-3H3,(H,19,20)/t9-/m0/s1. The van der Waals surface area contributed by atoms with Gasteiger partial charge in [0.2, 0.25) is 5.82 Å². The van der Waals surface area contributed by atoms with E-state index in [0.29, 0.717) is 23.9 Å². The molecule has 23 heavy (non-hydrogen) atoms. The first-order chi connectivity index (χ1) is 11.0. The highest BCUT2D eigenvalue weighted by Crippen LogP contribution is 2.24. The topological polar surface area (TPSA) is 109 Å². The number of aromatic nitrogens is 4. The molecule has 1 aromatic carbocycles. The van der Waals surface area contributed by atoms with Gasteiger partial charge in [0.25, 0.3) is 0 Å². The van der Waals surface area contributed by atoms with Crippen molar-refractivity contribution in [3.8, 4) is 11.5 Å². The maximum atomic E-state index is 11.2. The predicted octanol–water partition coefficient (Wildman–Crippen LogP) is 0.901. The van der Waals surface area contributed by atoms with E-state index in [-0.39, 0.29) is 18.3 Å². The summed E-state index contributed by atoms with van der Waals surface area (Å²) >= 11 is 0. The minimum absolute atomic E-state index is 0.0641. The van der Waals surface area contributed by atoms with Gasteiger partial charge in [0.1, 0.15) is 17.6 Å². The number of aromatic carboxylic acids is 1. The molecule has 1 atom stereocenters. The van der Waals surface area contributed by atoms with Gasteiger partial charge in [-0.3, -0.25) is 0 Å².